The van der Waals surface area contributed by atoms with Gasteiger partial charge in [0, 0.05) is 12.1 Å². The average molecular weight is 463 g/mol. The lowest BCUT2D eigenvalue weighted by Crippen LogP contribution is -2.43. The van der Waals surface area contributed by atoms with Gasteiger partial charge in [-0.3, -0.25) is 4.79 Å². The normalized spacial score (nSPS) is 17.7. The Hall–Kier alpha value is -2.61. The number of aliphatic carboxylic acids is 1. The maximum absolute atomic E-state index is 11.5. The van der Waals surface area contributed by atoms with Gasteiger partial charge in [-0.15, -0.1) is 0 Å². The highest BCUT2D eigenvalue weighted by Crippen LogP contribution is 2.22. The van der Waals surface area contributed by atoms with Gasteiger partial charge in [0.25, 0.3) is 0 Å². The van der Waals surface area contributed by atoms with Crippen molar-refractivity contribution in [1.82, 2.24) is 10.6 Å². The number of amides is 1. The van der Waals surface area contributed by atoms with E-state index in [1.54, 1.807) is 24.3 Å². The number of alkyl carbamates (subject to hydrolysis) is 1. The standard InChI is InChI=1S/C13H15NO6.C12H23N/c1-19-12(17)10(7-11(15)16)14-13(18)20-8-9-5-3-2-4-6-9;1-3-7-11(8-4-1)13-12-9-5-2-6-10-12/h2-6,10H,7-8H2,1H3,(H,14,18)(H,15,16);11-13H,1-10H2. The Kier molecular flexibility index (Phi) is 12.3. The minimum absolute atomic E-state index is 0.0215. The molecule has 0 heterocycles. The van der Waals surface area contributed by atoms with Crippen molar-refractivity contribution < 1.29 is 29.0 Å². The number of benzene rings is 1. The molecule has 2 aliphatic carbocycles. The van der Waals surface area contributed by atoms with Crippen molar-refractivity contribution in [2.24, 2.45) is 0 Å². The average Bonchev–Trinajstić information content (AvgIpc) is 2.84. The second-order valence-corrected chi connectivity index (χ2v) is 8.72. The summed E-state index contributed by atoms with van der Waals surface area (Å²) >= 11 is 0. The monoisotopic (exact) mass is 462 g/mol. The van der Waals surface area contributed by atoms with E-state index in [-0.39, 0.29) is 6.61 Å². The topological polar surface area (TPSA) is 114 Å². The van der Waals surface area contributed by atoms with Crippen LogP contribution in [0.15, 0.2) is 30.3 Å². The zero-order chi connectivity index (χ0) is 23.9. The first kappa shape index (κ1) is 26.6. The second kappa shape index (κ2) is 15.3. The first-order valence-electron chi connectivity index (χ1n) is 12.0. The third-order valence-electron chi connectivity index (χ3n) is 6.05. The van der Waals surface area contributed by atoms with Gasteiger partial charge in [0.15, 0.2) is 0 Å². The van der Waals surface area contributed by atoms with Crippen LogP contribution in [0.3, 0.4) is 0 Å². The van der Waals surface area contributed by atoms with Crippen LogP contribution >= 0.6 is 0 Å². The number of rotatable bonds is 8. The predicted octanol–water partition coefficient (Wildman–Crippen LogP) is 4.17. The number of esters is 1. The van der Waals surface area contributed by atoms with E-state index in [4.69, 9.17) is 9.84 Å². The summed E-state index contributed by atoms with van der Waals surface area (Å²) in [6.45, 7) is 0.0215. The van der Waals surface area contributed by atoms with Gasteiger partial charge in [0.2, 0.25) is 0 Å². The first-order chi connectivity index (χ1) is 16.0. The lowest BCUT2D eigenvalue weighted by atomic mass is 9.91. The van der Waals surface area contributed by atoms with Crippen LogP contribution in [0.5, 0.6) is 0 Å². The predicted molar refractivity (Wildman–Crippen MR) is 125 cm³/mol. The lowest BCUT2D eigenvalue weighted by Gasteiger charge is -2.30. The fraction of sp³-hybridized carbons (Fsp3) is 0.640. The van der Waals surface area contributed by atoms with E-state index in [0.29, 0.717) is 0 Å². The van der Waals surface area contributed by atoms with E-state index >= 15 is 0 Å². The summed E-state index contributed by atoms with van der Waals surface area (Å²) in [6, 6.07) is 9.40. The van der Waals surface area contributed by atoms with Gasteiger partial charge in [0.1, 0.15) is 12.6 Å². The van der Waals surface area contributed by atoms with E-state index in [0.717, 1.165) is 24.8 Å². The summed E-state index contributed by atoms with van der Waals surface area (Å²) in [4.78, 5) is 33.4. The van der Waals surface area contributed by atoms with Crippen LogP contribution in [0.1, 0.15) is 76.2 Å². The van der Waals surface area contributed by atoms with Gasteiger partial charge in [0.05, 0.1) is 13.5 Å². The summed E-state index contributed by atoms with van der Waals surface area (Å²) in [5.41, 5.74) is 0.774. The molecule has 8 heteroatoms. The molecule has 184 valence electrons. The summed E-state index contributed by atoms with van der Waals surface area (Å²) in [6.07, 6.45) is 13.1. The van der Waals surface area contributed by atoms with Gasteiger partial charge >= 0.3 is 18.0 Å². The van der Waals surface area contributed by atoms with Crippen molar-refractivity contribution in [2.45, 2.75) is 95.4 Å². The molecule has 1 aromatic rings. The molecule has 1 amide bonds. The third kappa shape index (κ3) is 11.2. The molecule has 3 N–H and O–H groups in total. The number of hydrogen-bond acceptors (Lipinski definition) is 6. The quantitative estimate of drug-likeness (QED) is 0.497. The van der Waals surface area contributed by atoms with Crippen LogP contribution in [0.2, 0.25) is 0 Å². The molecule has 0 saturated heterocycles. The Balaban J connectivity index is 0.000000254. The molecular weight excluding hydrogens is 424 g/mol. The van der Waals surface area contributed by atoms with Crippen molar-refractivity contribution in [3.8, 4) is 0 Å². The molecular formula is C25H38N2O6. The van der Waals surface area contributed by atoms with Crippen LogP contribution in [0.25, 0.3) is 0 Å². The Morgan fingerprint density at radius 1 is 0.939 bits per heavy atom. The number of carbonyl (C=O) groups is 3. The third-order valence-corrected chi connectivity index (χ3v) is 6.05. The van der Waals surface area contributed by atoms with Crippen molar-refractivity contribution in [3.05, 3.63) is 35.9 Å². The highest BCUT2D eigenvalue weighted by Gasteiger charge is 2.25. The Labute approximate surface area is 196 Å². The molecule has 1 unspecified atom stereocenters. The van der Waals surface area contributed by atoms with Crippen molar-refractivity contribution in [3.63, 3.8) is 0 Å². The minimum atomic E-state index is -1.28. The number of methoxy groups -OCH3 is 1. The molecule has 0 aliphatic heterocycles. The second-order valence-electron chi connectivity index (χ2n) is 8.72. The fourth-order valence-corrected chi connectivity index (χ4v) is 4.29. The van der Waals surface area contributed by atoms with Crippen LogP contribution in [-0.2, 0) is 25.7 Å². The molecule has 0 bridgehead atoms. The molecule has 1 atom stereocenters. The zero-order valence-electron chi connectivity index (χ0n) is 19.6. The summed E-state index contributed by atoms with van der Waals surface area (Å²) < 4.78 is 9.29. The Bertz CT molecular complexity index is 699. The first-order valence-corrected chi connectivity index (χ1v) is 12.0. The highest BCUT2D eigenvalue weighted by atomic mass is 16.6. The molecule has 0 radical (unpaired) electrons. The number of hydrogen-bond donors (Lipinski definition) is 3. The van der Waals surface area contributed by atoms with Gasteiger partial charge in [-0.2, -0.15) is 0 Å². The van der Waals surface area contributed by atoms with Gasteiger partial charge in [-0.05, 0) is 31.2 Å². The summed E-state index contributed by atoms with van der Waals surface area (Å²) in [5, 5.41) is 14.7. The van der Waals surface area contributed by atoms with Crippen molar-refractivity contribution in [1.29, 1.82) is 0 Å². The van der Waals surface area contributed by atoms with E-state index in [1.807, 2.05) is 6.07 Å². The van der Waals surface area contributed by atoms with Crippen LogP contribution in [-0.4, -0.2) is 48.4 Å². The molecule has 0 spiro atoms. The number of carbonyl (C=O) groups excluding carboxylic acids is 2. The summed E-state index contributed by atoms with van der Waals surface area (Å²) in [5.74, 6) is -2.08. The van der Waals surface area contributed by atoms with Crippen LogP contribution in [0.4, 0.5) is 4.79 Å². The largest absolute Gasteiger partial charge is 0.481 e. The SMILES string of the molecule is C1CCC(NC2CCCCC2)CC1.COC(=O)C(CC(=O)O)NC(=O)OCc1ccccc1. The minimum Gasteiger partial charge on any atom is -0.481 e. The molecule has 0 aromatic heterocycles. The molecule has 2 aliphatic rings. The smallest absolute Gasteiger partial charge is 0.408 e. The molecule has 2 saturated carbocycles. The number of carboxylic acids is 1. The van der Waals surface area contributed by atoms with Gasteiger partial charge in [-0.1, -0.05) is 68.9 Å². The number of ether oxygens (including phenoxy) is 2. The van der Waals surface area contributed by atoms with E-state index in [2.05, 4.69) is 15.4 Å². The van der Waals surface area contributed by atoms with E-state index < -0.39 is 30.5 Å². The molecule has 3 rings (SSSR count). The maximum Gasteiger partial charge on any atom is 0.408 e. The molecule has 8 nitrogen and oxygen atoms in total. The van der Waals surface area contributed by atoms with Gasteiger partial charge < -0.3 is 25.2 Å². The number of carboxylic acid groups (broad SMARTS) is 1. The fourth-order valence-electron chi connectivity index (χ4n) is 4.29. The van der Waals surface area contributed by atoms with Crippen molar-refractivity contribution >= 4 is 18.0 Å². The van der Waals surface area contributed by atoms with Gasteiger partial charge in [-0.25, -0.2) is 9.59 Å². The van der Waals surface area contributed by atoms with E-state index in [9.17, 15) is 14.4 Å². The van der Waals surface area contributed by atoms with Crippen LogP contribution in [0, 0.1) is 0 Å². The maximum atomic E-state index is 11.5. The highest BCUT2D eigenvalue weighted by molar-refractivity contribution is 5.85. The molecule has 2 fully saturated rings. The zero-order valence-corrected chi connectivity index (χ0v) is 19.6. The van der Waals surface area contributed by atoms with Crippen molar-refractivity contribution in [2.75, 3.05) is 7.11 Å². The number of nitrogens with one attached hydrogen (secondary N) is 2. The molecule has 33 heavy (non-hydrogen) atoms. The lowest BCUT2D eigenvalue weighted by molar-refractivity contribution is -0.148. The van der Waals surface area contributed by atoms with E-state index in [1.165, 1.54) is 64.2 Å². The summed E-state index contributed by atoms with van der Waals surface area (Å²) in [7, 11) is 1.11. The Morgan fingerprint density at radius 3 is 1.97 bits per heavy atom. The van der Waals surface area contributed by atoms with Crippen LogP contribution < -0.4 is 10.6 Å². The Morgan fingerprint density at radius 2 is 1.48 bits per heavy atom. The molecule has 1 aromatic carbocycles.